The summed E-state index contributed by atoms with van der Waals surface area (Å²) in [6.07, 6.45) is -3.63. The Morgan fingerprint density at radius 3 is 2.31 bits per heavy atom. The molecule has 0 aliphatic heterocycles. The van der Waals surface area contributed by atoms with Gasteiger partial charge in [0.05, 0.1) is 0 Å². The van der Waals surface area contributed by atoms with Gasteiger partial charge in [-0.1, -0.05) is 12.1 Å². The van der Waals surface area contributed by atoms with Crippen molar-refractivity contribution >= 4 is 6.29 Å². The fourth-order valence-corrected chi connectivity index (χ4v) is 0.923. The highest BCUT2D eigenvalue weighted by molar-refractivity contribution is 5.79. The van der Waals surface area contributed by atoms with E-state index in [0.717, 1.165) is 24.5 Å². The Bertz CT molecular complexity index is 331. The Balaban J connectivity index is 3.40. The van der Waals surface area contributed by atoms with E-state index in [-0.39, 0.29) is 0 Å². The fraction of sp³-hybridized carbons (Fsp3) is 0.125. The average molecular weight is 189 g/mol. The van der Waals surface area contributed by atoms with Crippen LogP contribution in [0.1, 0.15) is 11.1 Å². The summed E-state index contributed by atoms with van der Waals surface area (Å²) in [6, 6.07) is 2.95. The van der Waals surface area contributed by atoms with Crippen molar-refractivity contribution in [1.82, 2.24) is 0 Å². The quantitative estimate of drug-likeness (QED) is 0.732. The smallest absolute Gasteiger partial charge is 0.420 e. The average Bonchev–Trinajstić information content (AvgIpc) is 2.01. The van der Waals surface area contributed by atoms with Crippen LogP contribution in [0.4, 0.5) is 13.2 Å². The van der Waals surface area contributed by atoms with Gasteiger partial charge in [0.25, 0.3) is 0 Å². The summed E-state index contributed by atoms with van der Waals surface area (Å²) in [6.45, 7) is 0. The lowest BCUT2D eigenvalue weighted by molar-refractivity contribution is -0.138. The van der Waals surface area contributed by atoms with Gasteiger partial charge >= 0.3 is 6.18 Å². The topological polar surface area (TPSA) is 37.3 Å². The lowest BCUT2D eigenvalue weighted by atomic mass is 10.1. The molecule has 0 aliphatic rings. The standard InChI is InChI=1S/C8H4F3O2/c9-8(10,11)7-5(4-12)2-1-3-6(7)13/h1-3,13H. The van der Waals surface area contributed by atoms with E-state index in [1.54, 1.807) is 0 Å². The van der Waals surface area contributed by atoms with Crippen molar-refractivity contribution in [3.05, 3.63) is 29.3 Å². The zero-order chi connectivity index (χ0) is 10.1. The van der Waals surface area contributed by atoms with Crippen LogP contribution in [-0.2, 0) is 11.0 Å². The molecule has 1 radical (unpaired) electrons. The van der Waals surface area contributed by atoms with Gasteiger partial charge in [0, 0.05) is 5.56 Å². The molecular formula is C8H4F3O2. The molecule has 0 fully saturated rings. The van der Waals surface area contributed by atoms with Gasteiger partial charge in [0.15, 0.2) is 0 Å². The molecule has 1 aromatic carbocycles. The summed E-state index contributed by atoms with van der Waals surface area (Å²) in [7, 11) is 0. The number of alkyl halides is 3. The van der Waals surface area contributed by atoms with Crippen LogP contribution in [0.15, 0.2) is 18.2 Å². The van der Waals surface area contributed by atoms with E-state index in [9.17, 15) is 18.0 Å². The van der Waals surface area contributed by atoms with Crippen LogP contribution in [0.25, 0.3) is 0 Å². The van der Waals surface area contributed by atoms with Gasteiger partial charge in [0.2, 0.25) is 6.29 Å². The molecule has 1 aromatic rings. The summed E-state index contributed by atoms with van der Waals surface area (Å²) >= 11 is 0. The Morgan fingerprint density at radius 2 is 1.92 bits per heavy atom. The molecule has 0 bridgehead atoms. The Morgan fingerprint density at radius 1 is 1.31 bits per heavy atom. The molecule has 2 nitrogen and oxygen atoms in total. The molecule has 0 amide bonds. The minimum Gasteiger partial charge on any atom is -0.507 e. The second-order valence-electron chi connectivity index (χ2n) is 2.30. The molecule has 1 rings (SSSR count). The third-order valence-electron chi connectivity index (χ3n) is 1.44. The molecular weight excluding hydrogens is 185 g/mol. The van der Waals surface area contributed by atoms with Crippen LogP contribution in [0.5, 0.6) is 5.75 Å². The van der Waals surface area contributed by atoms with Crippen molar-refractivity contribution in [3.63, 3.8) is 0 Å². The van der Waals surface area contributed by atoms with Crippen LogP contribution < -0.4 is 0 Å². The van der Waals surface area contributed by atoms with Gasteiger partial charge in [0.1, 0.15) is 11.3 Å². The second-order valence-corrected chi connectivity index (χ2v) is 2.30. The van der Waals surface area contributed by atoms with Gasteiger partial charge in [-0.05, 0) is 6.07 Å². The third kappa shape index (κ3) is 1.80. The lowest BCUT2D eigenvalue weighted by Gasteiger charge is -2.09. The summed E-state index contributed by atoms with van der Waals surface area (Å²) in [5.41, 5.74) is -2.03. The molecule has 5 heteroatoms. The zero-order valence-electron chi connectivity index (χ0n) is 6.22. The van der Waals surface area contributed by atoms with Crippen molar-refractivity contribution < 1.29 is 23.1 Å². The maximum Gasteiger partial charge on any atom is 0.420 e. The molecule has 0 saturated carbocycles. The predicted molar refractivity (Wildman–Crippen MR) is 37.9 cm³/mol. The number of benzene rings is 1. The van der Waals surface area contributed by atoms with E-state index in [0.29, 0.717) is 0 Å². The molecule has 0 atom stereocenters. The molecule has 0 aliphatic carbocycles. The van der Waals surface area contributed by atoms with Gasteiger partial charge in [-0.2, -0.15) is 13.2 Å². The van der Waals surface area contributed by atoms with Crippen LogP contribution in [0.2, 0.25) is 0 Å². The molecule has 0 spiro atoms. The highest BCUT2D eigenvalue weighted by atomic mass is 19.4. The fourth-order valence-electron chi connectivity index (χ4n) is 0.923. The number of carbonyl (C=O) groups excluding carboxylic acids is 1. The van der Waals surface area contributed by atoms with E-state index in [1.807, 2.05) is 0 Å². The SMILES string of the molecule is O=[C]c1cccc(O)c1C(F)(F)F. The first-order valence-electron chi connectivity index (χ1n) is 3.24. The number of halogens is 3. The normalized spacial score (nSPS) is 11.3. The van der Waals surface area contributed by atoms with Gasteiger partial charge in [-0.25, -0.2) is 0 Å². The molecule has 0 aromatic heterocycles. The summed E-state index contributed by atoms with van der Waals surface area (Å²) in [5, 5.41) is 8.86. The van der Waals surface area contributed by atoms with Crippen molar-refractivity contribution in [2.45, 2.75) is 6.18 Å². The van der Waals surface area contributed by atoms with Gasteiger partial charge in [-0.3, -0.25) is 4.79 Å². The summed E-state index contributed by atoms with van der Waals surface area (Å²) in [4.78, 5) is 10.1. The monoisotopic (exact) mass is 189 g/mol. The summed E-state index contributed by atoms with van der Waals surface area (Å²) < 4.78 is 36.5. The van der Waals surface area contributed by atoms with Gasteiger partial charge in [-0.15, -0.1) is 0 Å². The number of aromatic hydroxyl groups is 1. The maximum atomic E-state index is 12.2. The molecule has 1 N–H and O–H groups in total. The van der Waals surface area contributed by atoms with E-state index in [4.69, 9.17) is 5.11 Å². The van der Waals surface area contributed by atoms with E-state index in [2.05, 4.69) is 0 Å². The highest BCUT2D eigenvalue weighted by Gasteiger charge is 2.36. The third-order valence-corrected chi connectivity index (χ3v) is 1.44. The Labute approximate surface area is 71.6 Å². The Kier molecular flexibility index (Phi) is 2.27. The zero-order valence-corrected chi connectivity index (χ0v) is 6.22. The predicted octanol–water partition coefficient (Wildman–Crippen LogP) is 1.87. The number of phenolic OH excluding ortho intramolecular Hbond substituents is 1. The van der Waals surface area contributed by atoms with Crippen LogP contribution in [0, 0.1) is 0 Å². The molecule has 0 saturated heterocycles. The van der Waals surface area contributed by atoms with Crippen LogP contribution in [-0.4, -0.2) is 11.4 Å². The first kappa shape index (κ1) is 9.57. The molecule has 69 valence electrons. The summed E-state index contributed by atoms with van der Waals surface area (Å²) in [5.74, 6) is -0.964. The number of phenols is 1. The maximum absolute atomic E-state index is 12.2. The first-order chi connectivity index (χ1) is 5.96. The van der Waals surface area contributed by atoms with E-state index < -0.39 is 23.1 Å². The van der Waals surface area contributed by atoms with Crippen molar-refractivity contribution in [2.24, 2.45) is 0 Å². The number of hydrogen-bond acceptors (Lipinski definition) is 2. The number of hydrogen-bond donors (Lipinski definition) is 1. The van der Waals surface area contributed by atoms with Crippen molar-refractivity contribution in [1.29, 1.82) is 0 Å². The Hall–Kier alpha value is -1.52. The molecule has 13 heavy (non-hydrogen) atoms. The highest BCUT2D eigenvalue weighted by Crippen LogP contribution is 2.37. The van der Waals surface area contributed by atoms with Gasteiger partial charge < -0.3 is 5.11 Å². The van der Waals surface area contributed by atoms with Crippen LogP contribution >= 0.6 is 0 Å². The molecule has 0 heterocycles. The van der Waals surface area contributed by atoms with E-state index in [1.165, 1.54) is 0 Å². The largest absolute Gasteiger partial charge is 0.507 e. The second kappa shape index (κ2) is 3.08. The number of rotatable bonds is 1. The minimum atomic E-state index is -4.74. The van der Waals surface area contributed by atoms with Crippen LogP contribution in [0.3, 0.4) is 0 Å². The van der Waals surface area contributed by atoms with Crippen molar-refractivity contribution in [2.75, 3.05) is 0 Å². The lowest BCUT2D eigenvalue weighted by Crippen LogP contribution is -2.09. The van der Waals surface area contributed by atoms with E-state index >= 15 is 0 Å². The first-order valence-corrected chi connectivity index (χ1v) is 3.24. The molecule has 0 unspecified atom stereocenters. The van der Waals surface area contributed by atoms with Crippen molar-refractivity contribution in [3.8, 4) is 5.75 Å². The minimum absolute atomic E-state index is 0.687.